The molecular formula is C18H24N4O. The number of benzene rings is 1. The highest BCUT2D eigenvalue weighted by Gasteiger charge is 2.08. The second-order valence-electron chi connectivity index (χ2n) is 5.71. The summed E-state index contributed by atoms with van der Waals surface area (Å²) in [6.07, 6.45) is 2.55. The van der Waals surface area contributed by atoms with E-state index in [2.05, 4.69) is 15.2 Å². The maximum Gasteiger partial charge on any atom is 0.252 e. The summed E-state index contributed by atoms with van der Waals surface area (Å²) in [6.45, 7) is 1.63. The third kappa shape index (κ3) is 5.07. The number of hydrogen-bond acceptors (Lipinski definition) is 4. The predicted molar refractivity (Wildman–Crippen MR) is 94.2 cm³/mol. The van der Waals surface area contributed by atoms with Gasteiger partial charge < -0.3 is 15.1 Å². The summed E-state index contributed by atoms with van der Waals surface area (Å²) in [6, 6.07) is 13.7. The van der Waals surface area contributed by atoms with Crippen molar-refractivity contribution in [2.24, 2.45) is 0 Å². The molecule has 0 aliphatic rings. The fourth-order valence-corrected chi connectivity index (χ4v) is 2.20. The number of carbonyl (C=O) groups is 1. The fraction of sp³-hybridized carbons (Fsp3) is 0.333. The van der Waals surface area contributed by atoms with Crippen LogP contribution in [0.25, 0.3) is 0 Å². The molecule has 5 nitrogen and oxygen atoms in total. The summed E-state index contributed by atoms with van der Waals surface area (Å²) in [4.78, 5) is 20.5. The monoisotopic (exact) mass is 312 g/mol. The minimum absolute atomic E-state index is 0.0785. The smallest absolute Gasteiger partial charge is 0.252 e. The number of amides is 1. The highest BCUT2D eigenvalue weighted by molar-refractivity contribution is 5.94. The Kier molecular flexibility index (Phi) is 6.11. The van der Waals surface area contributed by atoms with Crippen LogP contribution in [0.15, 0.2) is 48.7 Å². The zero-order valence-corrected chi connectivity index (χ0v) is 14.0. The van der Waals surface area contributed by atoms with Gasteiger partial charge in [0.1, 0.15) is 5.82 Å². The standard InChI is InChI=1S/C18H24N4O/c1-21(2)13-7-12-19-18(23)15-10-11-17(20-14-15)22(3)16-8-5-4-6-9-16/h4-6,8-11,14H,7,12-13H2,1-3H3,(H,19,23). The van der Waals surface area contributed by atoms with Crippen molar-refractivity contribution in [3.8, 4) is 0 Å². The molecule has 1 aromatic carbocycles. The molecule has 0 saturated carbocycles. The Morgan fingerprint density at radius 3 is 2.43 bits per heavy atom. The molecule has 2 rings (SSSR count). The summed E-state index contributed by atoms with van der Waals surface area (Å²) in [5.74, 6) is 0.727. The fourth-order valence-electron chi connectivity index (χ4n) is 2.20. The second-order valence-corrected chi connectivity index (χ2v) is 5.71. The van der Waals surface area contributed by atoms with E-state index in [1.54, 1.807) is 6.20 Å². The number of rotatable bonds is 7. The Labute approximate surface area is 137 Å². The van der Waals surface area contributed by atoms with E-state index in [1.807, 2.05) is 68.5 Å². The molecule has 0 radical (unpaired) electrons. The molecule has 1 N–H and O–H groups in total. The molecule has 0 aliphatic heterocycles. The molecule has 0 bridgehead atoms. The van der Waals surface area contributed by atoms with Crippen LogP contribution in [0.4, 0.5) is 11.5 Å². The third-order valence-electron chi connectivity index (χ3n) is 3.56. The number of nitrogens with one attached hydrogen (secondary N) is 1. The summed E-state index contributed by atoms with van der Waals surface area (Å²) < 4.78 is 0. The summed E-state index contributed by atoms with van der Waals surface area (Å²) in [7, 11) is 6.00. The van der Waals surface area contributed by atoms with Crippen molar-refractivity contribution in [1.82, 2.24) is 15.2 Å². The van der Waals surface area contributed by atoms with E-state index < -0.39 is 0 Å². The minimum atomic E-state index is -0.0785. The number of nitrogens with zero attached hydrogens (tertiary/aromatic N) is 3. The molecule has 0 saturated heterocycles. The van der Waals surface area contributed by atoms with Gasteiger partial charge in [0.15, 0.2) is 0 Å². The van der Waals surface area contributed by atoms with Crippen molar-refractivity contribution in [2.75, 3.05) is 39.1 Å². The van der Waals surface area contributed by atoms with Gasteiger partial charge in [-0.25, -0.2) is 4.98 Å². The van der Waals surface area contributed by atoms with Crippen LogP contribution in [0.5, 0.6) is 0 Å². The molecule has 0 fully saturated rings. The van der Waals surface area contributed by atoms with Crippen molar-refractivity contribution >= 4 is 17.4 Å². The second kappa shape index (κ2) is 8.29. The van der Waals surface area contributed by atoms with Crippen LogP contribution in [-0.4, -0.2) is 50.0 Å². The lowest BCUT2D eigenvalue weighted by Gasteiger charge is -2.18. The van der Waals surface area contributed by atoms with E-state index in [4.69, 9.17) is 0 Å². The Balaban J connectivity index is 1.92. The molecule has 1 amide bonds. The summed E-state index contributed by atoms with van der Waals surface area (Å²) in [5, 5.41) is 2.92. The van der Waals surface area contributed by atoms with E-state index in [0.29, 0.717) is 12.1 Å². The van der Waals surface area contributed by atoms with Crippen molar-refractivity contribution in [1.29, 1.82) is 0 Å². The number of carbonyl (C=O) groups excluding carboxylic acids is 1. The quantitative estimate of drug-likeness (QED) is 0.798. The topological polar surface area (TPSA) is 48.5 Å². The van der Waals surface area contributed by atoms with Crippen LogP contribution in [0.3, 0.4) is 0 Å². The highest BCUT2D eigenvalue weighted by atomic mass is 16.1. The lowest BCUT2D eigenvalue weighted by atomic mass is 10.2. The molecule has 122 valence electrons. The Hall–Kier alpha value is -2.40. The molecule has 5 heteroatoms. The maximum atomic E-state index is 12.1. The predicted octanol–water partition coefficient (Wildman–Crippen LogP) is 2.53. The van der Waals surface area contributed by atoms with Gasteiger partial charge in [0.25, 0.3) is 5.91 Å². The molecule has 23 heavy (non-hydrogen) atoms. The van der Waals surface area contributed by atoms with E-state index in [1.165, 1.54) is 0 Å². The number of anilines is 2. The van der Waals surface area contributed by atoms with E-state index in [0.717, 1.165) is 24.5 Å². The normalized spacial score (nSPS) is 10.6. The van der Waals surface area contributed by atoms with Crippen LogP contribution in [0, 0.1) is 0 Å². The van der Waals surface area contributed by atoms with Crippen LogP contribution >= 0.6 is 0 Å². The van der Waals surface area contributed by atoms with Gasteiger partial charge in [-0.3, -0.25) is 4.79 Å². The summed E-state index contributed by atoms with van der Waals surface area (Å²) >= 11 is 0. The van der Waals surface area contributed by atoms with Crippen molar-refractivity contribution in [3.63, 3.8) is 0 Å². The molecule has 0 spiro atoms. The Morgan fingerprint density at radius 2 is 1.83 bits per heavy atom. The largest absolute Gasteiger partial charge is 0.352 e. The first-order valence-corrected chi connectivity index (χ1v) is 7.75. The van der Waals surface area contributed by atoms with Crippen molar-refractivity contribution in [3.05, 3.63) is 54.2 Å². The first-order chi connectivity index (χ1) is 11.1. The number of aromatic nitrogens is 1. The van der Waals surface area contributed by atoms with Gasteiger partial charge in [-0.05, 0) is 51.3 Å². The Bertz CT molecular complexity index is 611. The van der Waals surface area contributed by atoms with Crippen LogP contribution in [-0.2, 0) is 0 Å². The lowest BCUT2D eigenvalue weighted by molar-refractivity contribution is 0.0952. The van der Waals surface area contributed by atoms with Gasteiger partial charge in [0.2, 0.25) is 0 Å². The van der Waals surface area contributed by atoms with Crippen molar-refractivity contribution in [2.45, 2.75) is 6.42 Å². The molecule has 0 aliphatic carbocycles. The number of hydrogen-bond donors (Lipinski definition) is 1. The van der Waals surface area contributed by atoms with Gasteiger partial charge in [-0.15, -0.1) is 0 Å². The zero-order chi connectivity index (χ0) is 16.7. The first-order valence-electron chi connectivity index (χ1n) is 7.75. The minimum Gasteiger partial charge on any atom is -0.352 e. The molecule has 0 atom stereocenters. The van der Waals surface area contributed by atoms with Gasteiger partial charge in [-0.1, -0.05) is 18.2 Å². The zero-order valence-electron chi connectivity index (χ0n) is 14.0. The van der Waals surface area contributed by atoms with Crippen LogP contribution in [0.1, 0.15) is 16.8 Å². The van der Waals surface area contributed by atoms with Gasteiger partial charge in [-0.2, -0.15) is 0 Å². The Morgan fingerprint density at radius 1 is 1.09 bits per heavy atom. The number of pyridine rings is 1. The van der Waals surface area contributed by atoms with Crippen molar-refractivity contribution < 1.29 is 4.79 Å². The maximum absolute atomic E-state index is 12.1. The van der Waals surface area contributed by atoms with Gasteiger partial charge >= 0.3 is 0 Å². The molecule has 0 unspecified atom stereocenters. The van der Waals surface area contributed by atoms with Gasteiger partial charge in [0.05, 0.1) is 5.56 Å². The summed E-state index contributed by atoms with van der Waals surface area (Å²) in [5.41, 5.74) is 1.64. The van der Waals surface area contributed by atoms with E-state index in [9.17, 15) is 4.79 Å². The average molecular weight is 312 g/mol. The highest BCUT2D eigenvalue weighted by Crippen LogP contribution is 2.20. The molecular weight excluding hydrogens is 288 g/mol. The third-order valence-corrected chi connectivity index (χ3v) is 3.56. The molecule has 1 heterocycles. The molecule has 2 aromatic rings. The molecule has 1 aromatic heterocycles. The van der Waals surface area contributed by atoms with E-state index >= 15 is 0 Å². The average Bonchev–Trinajstić information content (AvgIpc) is 2.58. The first kappa shape index (κ1) is 17.0. The number of para-hydroxylation sites is 1. The van der Waals surface area contributed by atoms with Crippen LogP contribution < -0.4 is 10.2 Å². The van der Waals surface area contributed by atoms with Gasteiger partial charge in [0, 0.05) is 25.5 Å². The van der Waals surface area contributed by atoms with E-state index in [-0.39, 0.29) is 5.91 Å². The SMILES string of the molecule is CN(C)CCCNC(=O)c1ccc(N(C)c2ccccc2)nc1. The lowest BCUT2D eigenvalue weighted by Crippen LogP contribution is -2.27. The van der Waals surface area contributed by atoms with Crippen LogP contribution in [0.2, 0.25) is 0 Å².